The molecule has 0 fully saturated rings. The molecule has 132 valence electrons. The molecule has 25 heavy (non-hydrogen) atoms. The van der Waals surface area contributed by atoms with Gasteiger partial charge in [-0.2, -0.15) is 0 Å². The van der Waals surface area contributed by atoms with Crippen LogP contribution < -0.4 is 15.4 Å². The van der Waals surface area contributed by atoms with Crippen LogP contribution in [0.1, 0.15) is 48.4 Å². The summed E-state index contributed by atoms with van der Waals surface area (Å²) in [6, 6.07) is 13.9. The maximum Gasteiger partial charge on any atom is 0.255 e. The Morgan fingerprint density at radius 1 is 0.840 bits per heavy atom. The van der Waals surface area contributed by atoms with Crippen molar-refractivity contribution in [2.24, 2.45) is 0 Å². The van der Waals surface area contributed by atoms with Gasteiger partial charge in [-0.3, -0.25) is 9.59 Å². The zero-order chi connectivity index (χ0) is 18.4. The smallest absolute Gasteiger partial charge is 0.255 e. The van der Waals surface area contributed by atoms with Crippen molar-refractivity contribution in [2.45, 2.75) is 39.8 Å². The van der Waals surface area contributed by atoms with Crippen molar-refractivity contribution in [1.82, 2.24) is 5.32 Å². The molecule has 2 aromatic rings. The number of anilines is 1. The van der Waals surface area contributed by atoms with Crippen LogP contribution in [0.2, 0.25) is 0 Å². The van der Waals surface area contributed by atoms with E-state index in [9.17, 15) is 9.59 Å². The molecule has 0 heterocycles. The summed E-state index contributed by atoms with van der Waals surface area (Å²) in [5, 5.41) is 5.67. The number of para-hydroxylation sites is 2. The predicted octanol–water partition coefficient (Wildman–Crippen LogP) is 3.86. The predicted molar refractivity (Wildman–Crippen MR) is 99.2 cm³/mol. The first-order valence-electron chi connectivity index (χ1n) is 8.34. The van der Waals surface area contributed by atoms with Crippen LogP contribution in [0, 0.1) is 0 Å². The second-order valence-electron chi connectivity index (χ2n) is 6.32. The van der Waals surface area contributed by atoms with E-state index >= 15 is 0 Å². The lowest BCUT2D eigenvalue weighted by atomic mass is 10.1. The van der Waals surface area contributed by atoms with Gasteiger partial charge in [-0.1, -0.05) is 12.1 Å². The van der Waals surface area contributed by atoms with E-state index in [-0.39, 0.29) is 24.0 Å². The largest absolute Gasteiger partial charge is 0.489 e. The van der Waals surface area contributed by atoms with Crippen LogP contribution in [0.4, 0.5) is 5.69 Å². The fourth-order valence-corrected chi connectivity index (χ4v) is 2.24. The van der Waals surface area contributed by atoms with Crippen LogP contribution in [0.15, 0.2) is 48.5 Å². The van der Waals surface area contributed by atoms with Crippen LogP contribution in [0.25, 0.3) is 0 Å². The van der Waals surface area contributed by atoms with Crippen LogP contribution in [0.5, 0.6) is 5.75 Å². The highest BCUT2D eigenvalue weighted by atomic mass is 16.5. The third kappa shape index (κ3) is 5.35. The molecule has 0 saturated heterocycles. The Bertz CT molecular complexity index is 737. The van der Waals surface area contributed by atoms with Gasteiger partial charge in [0.15, 0.2) is 0 Å². The number of hydrogen-bond acceptors (Lipinski definition) is 3. The van der Waals surface area contributed by atoms with Gasteiger partial charge in [0.2, 0.25) is 0 Å². The fourth-order valence-electron chi connectivity index (χ4n) is 2.24. The SMILES string of the molecule is CC(C)NC(=O)c1ccc(C(=O)Nc2ccccc2OC(C)C)cc1. The molecule has 0 bridgehead atoms. The lowest BCUT2D eigenvalue weighted by Gasteiger charge is -2.15. The normalized spacial score (nSPS) is 10.6. The third-order valence-electron chi connectivity index (χ3n) is 3.33. The van der Waals surface area contributed by atoms with E-state index in [0.717, 1.165) is 0 Å². The number of ether oxygens (including phenoxy) is 1. The zero-order valence-corrected chi connectivity index (χ0v) is 15.0. The van der Waals surface area contributed by atoms with Gasteiger partial charge in [0.25, 0.3) is 11.8 Å². The van der Waals surface area contributed by atoms with Gasteiger partial charge in [-0.25, -0.2) is 0 Å². The minimum Gasteiger partial charge on any atom is -0.489 e. The molecule has 2 aromatic carbocycles. The summed E-state index contributed by atoms with van der Waals surface area (Å²) in [6.07, 6.45) is 0.0109. The molecule has 0 aliphatic carbocycles. The van der Waals surface area contributed by atoms with Gasteiger partial charge in [0.1, 0.15) is 5.75 Å². The topological polar surface area (TPSA) is 67.4 Å². The number of rotatable bonds is 6. The fraction of sp³-hybridized carbons (Fsp3) is 0.300. The minimum atomic E-state index is -0.254. The highest BCUT2D eigenvalue weighted by Gasteiger charge is 2.12. The van der Waals surface area contributed by atoms with Gasteiger partial charge >= 0.3 is 0 Å². The zero-order valence-electron chi connectivity index (χ0n) is 15.0. The minimum absolute atomic E-state index is 0.0109. The van der Waals surface area contributed by atoms with E-state index in [0.29, 0.717) is 22.6 Å². The maximum atomic E-state index is 12.4. The van der Waals surface area contributed by atoms with Crippen LogP contribution in [-0.4, -0.2) is 24.0 Å². The van der Waals surface area contributed by atoms with Crippen molar-refractivity contribution in [3.8, 4) is 5.75 Å². The molecule has 2 N–H and O–H groups in total. The molecule has 0 saturated carbocycles. The summed E-state index contributed by atoms with van der Waals surface area (Å²) in [7, 11) is 0. The summed E-state index contributed by atoms with van der Waals surface area (Å²) in [5.74, 6) is 0.215. The third-order valence-corrected chi connectivity index (χ3v) is 3.33. The first-order chi connectivity index (χ1) is 11.9. The Morgan fingerprint density at radius 2 is 1.40 bits per heavy atom. The van der Waals surface area contributed by atoms with E-state index in [1.165, 1.54) is 0 Å². The Labute approximate surface area is 148 Å². The van der Waals surface area contributed by atoms with Crippen LogP contribution >= 0.6 is 0 Å². The molecule has 5 nitrogen and oxygen atoms in total. The highest BCUT2D eigenvalue weighted by molar-refractivity contribution is 6.05. The Balaban J connectivity index is 2.10. The van der Waals surface area contributed by atoms with E-state index in [2.05, 4.69) is 10.6 Å². The maximum absolute atomic E-state index is 12.4. The lowest BCUT2D eigenvalue weighted by Crippen LogP contribution is -2.30. The number of carbonyl (C=O) groups excluding carboxylic acids is 2. The number of amides is 2. The summed E-state index contributed by atoms with van der Waals surface area (Å²) in [6.45, 7) is 7.66. The van der Waals surface area contributed by atoms with E-state index in [1.54, 1.807) is 30.3 Å². The molecule has 2 amide bonds. The number of carbonyl (C=O) groups is 2. The van der Waals surface area contributed by atoms with Gasteiger partial charge in [0, 0.05) is 17.2 Å². The molecule has 0 spiro atoms. The first kappa shape index (κ1) is 18.5. The first-order valence-corrected chi connectivity index (χ1v) is 8.34. The monoisotopic (exact) mass is 340 g/mol. The van der Waals surface area contributed by atoms with Crippen molar-refractivity contribution < 1.29 is 14.3 Å². The second kappa shape index (κ2) is 8.33. The number of benzene rings is 2. The van der Waals surface area contributed by atoms with Crippen LogP contribution in [0.3, 0.4) is 0 Å². The molecule has 0 aromatic heterocycles. The van der Waals surface area contributed by atoms with Gasteiger partial charge in [0.05, 0.1) is 11.8 Å². The van der Waals surface area contributed by atoms with Crippen LogP contribution in [-0.2, 0) is 0 Å². The molecular formula is C20H24N2O3. The van der Waals surface area contributed by atoms with Crippen molar-refractivity contribution in [3.63, 3.8) is 0 Å². The molecule has 2 rings (SSSR count). The van der Waals surface area contributed by atoms with Gasteiger partial charge in [-0.05, 0) is 64.1 Å². The number of nitrogens with one attached hydrogen (secondary N) is 2. The summed E-state index contributed by atoms with van der Waals surface area (Å²) < 4.78 is 5.70. The van der Waals surface area contributed by atoms with E-state index < -0.39 is 0 Å². The Morgan fingerprint density at radius 3 is 1.96 bits per heavy atom. The van der Waals surface area contributed by atoms with Crippen molar-refractivity contribution in [1.29, 1.82) is 0 Å². The molecule has 0 radical (unpaired) electrons. The number of hydrogen-bond donors (Lipinski definition) is 2. The van der Waals surface area contributed by atoms with E-state index in [1.807, 2.05) is 45.9 Å². The summed E-state index contributed by atoms with van der Waals surface area (Å²) >= 11 is 0. The second-order valence-corrected chi connectivity index (χ2v) is 6.32. The summed E-state index contributed by atoms with van der Waals surface area (Å²) in [4.78, 5) is 24.4. The Kier molecular flexibility index (Phi) is 6.17. The summed E-state index contributed by atoms with van der Waals surface area (Å²) in [5.41, 5.74) is 1.61. The van der Waals surface area contributed by atoms with Crippen molar-refractivity contribution >= 4 is 17.5 Å². The molecular weight excluding hydrogens is 316 g/mol. The highest BCUT2D eigenvalue weighted by Crippen LogP contribution is 2.25. The molecule has 0 unspecified atom stereocenters. The standard InChI is InChI=1S/C20H24N2O3/c1-13(2)21-19(23)15-9-11-16(12-10-15)20(24)22-17-7-5-6-8-18(17)25-14(3)4/h5-14H,1-4H3,(H,21,23)(H,22,24). The van der Waals surface area contributed by atoms with E-state index in [4.69, 9.17) is 4.74 Å². The average Bonchev–Trinajstić information content (AvgIpc) is 2.55. The molecule has 0 aliphatic rings. The van der Waals surface area contributed by atoms with Gasteiger partial charge < -0.3 is 15.4 Å². The molecule has 0 aliphatic heterocycles. The quantitative estimate of drug-likeness (QED) is 0.839. The molecule has 5 heteroatoms. The molecule has 0 atom stereocenters. The van der Waals surface area contributed by atoms with Crippen molar-refractivity contribution in [2.75, 3.05) is 5.32 Å². The van der Waals surface area contributed by atoms with Gasteiger partial charge in [-0.15, -0.1) is 0 Å². The lowest BCUT2D eigenvalue weighted by molar-refractivity contribution is 0.0941. The van der Waals surface area contributed by atoms with Crippen molar-refractivity contribution in [3.05, 3.63) is 59.7 Å². The Hall–Kier alpha value is -2.82. The average molecular weight is 340 g/mol.